The molecule has 0 bridgehead atoms. The van der Waals surface area contributed by atoms with Crippen LogP contribution in [0.1, 0.15) is 12.5 Å². The number of nitrogens with one attached hydrogen (secondary N) is 1. The number of hydrogen-bond acceptors (Lipinski definition) is 3. The lowest BCUT2D eigenvalue weighted by Crippen LogP contribution is -2.42. The van der Waals surface area contributed by atoms with E-state index in [9.17, 15) is 21.6 Å². The number of benzene rings is 1. The third kappa shape index (κ3) is 4.18. The average molecular weight is 322 g/mol. The molecule has 1 aliphatic heterocycles. The second-order valence-electron chi connectivity index (χ2n) is 5.42. The van der Waals surface area contributed by atoms with Gasteiger partial charge >= 0.3 is 0 Å². The van der Waals surface area contributed by atoms with Crippen LogP contribution in [0.4, 0.5) is 13.2 Å². The molecule has 1 fully saturated rings. The first kappa shape index (κ1) is 16.3. The van der Waals surface area contributed by atoms with Crippen molar-refractivity contribution >= 4 is 10.0 Å². The van der Waals surface area contributed by atoms with Crippen molar-refractivity contribution in [2.24, 2.45) is 0 Å². The molecule has 8 heteroatoms. The summed E-state index contributed by atoms with van der Waals surface area (Å²) in [6, 6.07) is 2.72. The van der Waals surface area contributed by atoms with Gasteiger partial charge in [0, 0.05) is 37.8 Å². The minimum Gasteiger partial charge on any atom is -0.312 e. The first-order valence-corrected chi connectivity index (χ1v) is 8.12. The van der Waals surface area contributed by atoms with E-state index in [1.807, 2.05) is 0 Å². The molecule has 21 heavy (non-hydrogen) atoms. The summed E-state index contributed by atoms with van der Waals surface area (Å²) in [7, 11) is -3.88. The van der Waals surface area contributed by atoms with Gasteiger partial charge in [0.05, 0.1) is 5.75 Å². The van der Waals surface area contributed by atoms with Gasteiger partial charge < -0.3 is 5.32 Å². The number of hydrogen-bond donors (Lipinski definition) is 1. The first-order chi connectivity index (χ1) is 9.70. The molecule has 1 heterocycles. The summed E-state index contributed by atoms with van der Waals surface area (Å²) in [5, 5.41) is 2.82. The lowest BCUT2D eigenvalue weighted by atomic mass is 10.1. The summed E-state index contributed by atoms with van der Waals surface area (Å²) in [6.45, 7) is 1.52. The molecule has 0 amide bonds. The molecular formula is C13H17F3N2O2S. The van der Waals surface area contributed by atoms with Gasteiger partial charge in [0.15, 0.2) is 0 Å². The second-order valence-corrected chi connectivity index (χ2v) is 7.38. The van der Waals surface area contributed by atoms with E-state index in [1.165, 1.54) is 6.92 Å². The van der Waals surface area contributed by atoms with Gasteiger partial charge in [-0.3, -0.25) is 0 Å². The Morgan fingerprint density at radius 2 is 2.10 bits per heavy atom. The van der Waals surface area contributed by atoms with Crippen LogP contribution in [-0.2, 0) is 15.8 Å². The number of nitrogens with zero attached hydrogens (tertiary/aromatic N) is 1. The van der Waals surface area contributed by atoms with E-state index < -0.39 is 33.1 Å². The van der Waals surface area contributed by atoms with Gasteiger partial charge in [-0.15, -0.1) is 0 Å². The fourth-order valence-electron chi connectivity index (χ4n) is 2.22. The van der Waals surface area contributed by atoms with Gasteiger partial charge in [0.1, 0.15) is 17.3 Å². The number of rotatable bonds is 3. The van der Waals surface area contributed by atoms with E-state index in [1.54, 1.807) is 0 Å². The summed E-state index contributed by atoms with van der Waals surface area (Å²) in [6.07, 6.45) is 0. The molecule has 1 unspecified atom stereocenters. The van der Waals surface area contributed by atoms with Crippen LogP contribution in [0, 0.1) is 11.6 Å². The van der Waals surface area contributed by atoms with Gasteiger partial charge in [0.25, 0.3) is 0 Å². The van der Waals surface area contributed by atoms with Gasteiger partial charge in [-0.1, -0.05) is 6.07 Å². The van der Waals surface area contributed by atoms with Crippen LogP contribution < -0.4 is 5.32 Å². The van der Waals surface area contributed by atoms with Crippen molar-refractivity contribution in [1.29, 1.82) is 0 Å². The minimum absolute atomic E-state index is 0.0595. The van der Waals surface area contributed by atoms with Crippen molar-refractivity contribution < 1.29 is 21.6 Å². The molecule has 0 spiro atoms. The van der Waals surface area contributed by atoms with Crippen LogP contribution in [0.25, 0.3) is 0 Å². The van der Waals surface area contributed by atoms with Crippen molar-refractivity contribution in [3.8, 4) is 0 Å². The Kier molecular flexibility index (Phi) is 4.60. The van der Waals surface area contributed by atoms with Crippen molar-refractivity contribution in [3.05, 3.63) is 35.4 Å². The van der Waals surface area contributed by atoms with Crippen LogP contribution in [-0.4, -0.2) is 44.6 Å². The summed E-state index contributed by atoms with van der Waals surface area (Å²) in [4.78, 5) is 0. The maximum absolute atomic E-state index is 14.1. The molecule has 1 aromatic rings. The molecule has 118 valence electrons. The van der Waals surface area contributed by atoms with Gasteiger partial charge in [-0.25, -0.2) is 21.6 Å². The normalized spacial score (nSPS) is 24.8. The van der Waals surface area contributed by atoms with Gasteiger partial charge in [0.2, 0.25) is 10.0 Å². The molecule has 0 radical (unpaired) electrons. The van der Waals surface area contributed by atoms with E-state index >= 15 is 0 Å². The van der Waals surface area contributed by atoms with Gasteiger partial charge in [-0.2, -0.15) is 4.31 Å². The molecule has 1 N–H and O–H groups in total. The third-order valence-electron chi connectivity index (χ3n) is 3.28. The predicted molar refractivity (Wildman–Crippen MR) is 72.9 cm³/mol. The second kappa shape index (κ2) is 5.94. The van der Waals surface area contributed by atoms with Crippen LogP contribution in [0.2, 0.25) is 0 Å². The van der Waals surface area contributed by atoms with E-state index in [0.29, 0.717) is 12.6 Å². The zero-order chi connectivity index (χ0) is 15.7. The molecule has 2 rings (SSSR count). The fourth-order valence-corrected chi connectivity index (χ4v) is 3.86. The summed E-state index contributed by atoms with van der Waals surface area (Å²) < 4.78 is 66.1. The van der Waals surface area contributed by atoms with Crippen LogP contribution in [0.5, 0.6) is 0 Å². The Labute approximate surface area is 122 Å². The standard InChI is InChI=1S/C13H17F3N2O2S/c1-13(16)8-17-4-5-18(9-13)21(19,20)7-10-2-3-11(14)6-12(10)15/h2-3,6,17H,4-5,7-9H2,1H3. The Hall–Kier alpha value is -1.12. The minimum atomic E-state index is -3.88. The Morgan fingerprint density at radius 1 is 1.38 bits per heavy atom. The highest BCUT2D eigenvalue weighted by Gasteiger charge is 2.34. The Bertz CT molecular complexity index is 620. The van der Waals surface area contributed by atoms with Crippen LogP contribution in [0.3, 0.4) is 0 Å². The lowest BCUT2D eigenvalue weighted by molar-refractivity contribution is 0.166. The molecule has 0 aromatic heterocycles. The summed E-state index contributed by atoms with van der Waals surface area (Å²) in [5.41, 5.74) is -1.82. The molecule has 0 saturated carbocycles. The first-order valence-electron chi connectivity index (χ1n) is 6.51. The average Bonchev–Trinajstić information content (AvgIpc) is 2.54. The topological polar surface area (TPSA) is 49.4 Å². The van der Waals surface area contributed by atoms with Crippen molar-refractivity contribution in [2.45, 2.75) is 18.3 Å². The van der Waals surface area contributed by atoms with Crippen molar-refractivity contribution in [1.82, 2.24) is 9.62 Å². The Balaban J connectivity index is 2.21. The SMILES string of the molecule is CC1(F)CNCCN(S(=O)(=O)Cc2ccc(F)cc2F)C1. The van der Waals surface area contributed by atoms with Crippen LogP contribution in [0.15, 0.2) is 18.2 Å². The molecule has 1 saturated heterocycles. The van der Waals surface area contributed by atoms with E-state index in [0.717, 1.165) is 16.4 Å². The van der Waals surface area contributed by atoms with Crippen molar-refractivity contribution in [2.75, 3.05) is 26.2 Å². The van der Waals surface area contributed by atoms with Crippen LogP contribution >= 0.6 is 0 Å². The third-order valence-corrected chi connectivity index (χ3v) is 5.06. The molecule has 1 aromatic carbocycles. The highest BCUT2D eigenvalue weighted by molar-refractivity contribution is 7.88. The maximum Gasteiger partial charge on any atom is 0.218 e. The molecule has 1 aliphatic rings. The number of halogens is 3. The molecule has 4 nitrogen and oxygen atoms in total. The van der Waals surface area contributed by atoms with E-state index in [4.69, 9.17) is 0 Å². The number of sulfonamides is 1. The smallest absolute Gasteiger partial charge is 0.218 e. The number of alkyl halides is 1. The highest BCUT2D eigenvalue weighted by atomic mass is 32.2. The van der Waals surface area contributed by atoms with E-state index in [-0.39, 0.29) is 25.2 Å². The largest absolute Gasteiger partial charge is 0.312 e. The van der Waals surface area contributed by atoms with Crippen molar-refractivity contribution in [3.63, 3.8) is 0 Å². The fraction of sp³-hybridized carbons (Fsp3) is 0.538. The summed E-state index contributed by atoms with van der Waals surface area (Å²) >= 11 is 0. The highest BCUT2D eigenvalue weighted by Crippen LogP contribution is 2.20. The zero-order valence-corrected chi connectivity index (χ0v) is 12.4. The molecule has 0 aliphatic carbocycles. The molecule has 1 atom stereocenters. The quantitative estimate of drug-likeness (QED) is 0.916. The van der Waals surface area contributed by atoms with E-state index in [2.05, 4.69) is 5.32 Å². The predicted octanol–water partition coefficient (Wildman–Crippen LogP) is 1.43. The molecular weight excluding hydrogens is 305 g/mol. The zero-order valence-electron chi connectivity index (χ0n) is 11.6. The van der Waals surface area contributed by atoms with Gasteiger partial charge in [-0.05, 0) is 13.0 Å². The lowest BCUT2D eigenvalue weighted by Gasteiger charge is -2.25. The maximum atomic E-state index is 14.1. The monoisotopic (exact) mass is 322 g/mol. The Morgan fingerprint density at radius 3 is 2.76 bits per heavy atom. The summed E-state index contributed by atoms with van der Waals surface area (Å²) in [5.74, 6) is -2.31.